The average Bonchev–Trinajstić information content (AvgIpc) is 3.15. The van der Waals surface area contributed by atoms with Crippen molar-refractivity contribution < 1.29 is 4.79 Å². The zero-order valence-corrected chi connectivity index (χ0v) is 8.83. The molecule has 0 spiro atoms. The summed E-state index contributed by atoms with van der Waals surface area (Å²) >= 11 is 0. The molecule has 1 aromatic heterocycles. The molecule has 0 atom stereocenters. The number of aromatic nitrogens is 2. The van der Waals surface area contributed by atoms with Crippen molar-refractivity contribution in [3.05, 3.63) is 18.0 Å². The smallest absolute Gasteiger partial charge is 0.225 e. The SMILES string of the molecule is N#CCCN(c1ncc(C=O)cn1)C1CC1. The van der Waals surface area contributed by atoms with Crippen LogP contribution in [0.4, 0.5) is 5.95 Å². The van der Waals surface area contributed by atoms with Crippen molar-refractivity contribution in [3.8, 4) is 6.07 Å². The first-order valence-electron chi connectivity index (χ1n) is 5.26. The molecule has 5 nitrogen and oxygen atoms in total. The lowest BCUT2D eigenvalue weighted by Gasteiger charge is -2.20. The third-order valence-electron chi connectivity index (χ3n) is 2.50. The molecule has 0 saturated heterocycles. The summed E-state index contributed by atoms with van der Waals surface area (Å²) in [5, 5.41) is 8.58. The summed E-state index contributed by atoms with van der Waals surface area (Å²) in [5.41, 5.74) is 0.472. The quantitative estimate of drug-likeness (QED) is 0.691. The number of hydrogen-bond acceptors (Lipinski definition) is 5. The standard InChI is InChI=1S/C11H12N4O/c12-4-1-5-15(10-2-3-10)11-13-6-9(8-16)7-14-11/h6-8,10H,1-3,5H2. The third-order valence-corrected chi connectivity index (χ3v) is 2.50. The molecule has 82 valence electrons. The fourth-order valence-corrected chi connectivity index (χ4v) is 1.54. The normalized spacial score (nSPS) is 14.2. The topological polar surface area (TPSA) is 69.9 Å². The van der Waals surface area contributed by atoms with E-state index in [1.54, 1.807) is 0 Å². The number of nitrogens with zero attached hydrogens (tertiary/aromatic N) is 4. The Balaban J connectivity index is 2.11. The van der Waals surface area contributed by atoms with E-state index in [-0.39, 0.29) is 0 Å². The Hall–Kier alpha value is -1.96. The van der Waals surface area contributed by atoms with Gasteiger partial charge in [0.2, 0.25) is 5.95 Å². The van der Waals surface area contributed by atoms with Crippen LogP contribution < -0.4 is 4.90 Å². The van der Waals surface area contributed by atoms with E-state index in [9.17, 15) is 4.79 Å². The Kier molecular flexibility index (Phi) is 3.10. The predicted molar refractivity (Wildman–Crippen MR) is 58.0 cm³/mol. The second kappa shape index (κ2) is 4.71. The van der Waals surface area contributed by atoms with Crippen LogP contribution in [0.25, 0.3) is 0 Å². The van der Waals surface area contributed by atoms with Gasteiger partial charge in [-0.1, -0.05) is 0 Å². The molecule has 1 aliphatic rings. The van der Waals surface area contributed by atoms with Crippen molar-refractivity contribution in [3.63, 3.8) is 0 Å². The molecule has 1 heterocycles. The van der Waals surface area contributed by atoms with Gasteiger partial charge in [-0.25, -0.2) is 9.97 Å². The van der Waals surface area contributed by atoms with Crippen molar-refractivity contribution in [1.29, 1.82) is 5.26 Å². The first-order chi connectivity index (χ1) is 7.85. The van der Waals surface area contributed by atoms with Gasteiger partial charge in [0.25, 0.3) is 0 Å². The highest BCUT2D eigenvalue weighted by Crippen LogP contribution is 2.29. The molecular weight excluding hydrogens is 204 g/mol. The molecule has 0 aromatic carbocycles. The highest BCUT2D eigenvalue weighted by molar-refractivity contribution is 5.73. The second-order valence-electron chi connectivity index (χ2n) is 3.77. The summed E-state index contributed by atoms with van der Waals surface area (Å²) in [5.74, 6) is 0.614. The summed E-state index contributed by atoms with van der Waals surface area (Å²) in [7, 11) is 0. The lowest BCUT2D eigenvalue weighted by Crippen LogP contribution is -2.28. The highest BCUT2D eigenvalue weighted by atomic mass is 16.1. The number of rotatable bonds is 5. The zero-order valence-electron chi connectivity index (χ0n) is 8.83. The van der Waals surface area contributed by atoms with E-state index in [1.807, 2.05) is 4.90 Å². The molecule has 1 fully saturated rings. The van der Waals surface area contributed by atoms with E-state index in [1.165, 1.54) is 12.4 Å². The van der Waals surface area contributed by atoms with Crippen LogP contribution >= 0.6 is 0 Å². The first kappa shape index (κ1) is 10.6. The van der Waals surface area contributed by atoms with Crippen LogP contribution in [0.1, 0.15) is 29.6 Å². The number of nitriles is 1. The first-order valence-corrected chi connectivity index (χ1v) is 5.26. The molecule has 0 unspecified atom stereocenters. The van der Waals surface area contributed by atoms with Gasteiger partial charge in [0.05, 0.1) is 18.1 Å². The highest BCUT2D eigenvalue weighted by Gasteiger charge is 2.30. The Bertz CT molecular complexity index is 405. The lowest BCUT2D eigenvalue weighted by atomic mass is 10.4. The van der Waals surface area contributed by atoms with Crippen molar-refractivity contribution >= 4 is 12.2 Å². The van der Waals surface area contributed by atoms with Crippen molar-refractivity contribution in [2.45, 2.75) is 25.3 Å². The van der Waals surface area contributed by atoms with E-state index < -0.39 is 0 Å². The molecule has 0 N–H and O–H groups in total. The van der Waals surface area contributed by atoms with Crippen molar-refractivity contribution in [2.75, 3.05) is 11.4 Å². The lowest BCUT2D eigenvalue weighted by molar-refractivity contribution is 0.112. The number of aldehydes is 1. The van der Waals surface area contributed by atoms with Gasteiger partial charge in [-0.2, -0.15) is 5.26 Å². The molecule has 1 aromatic rings. The van der Waals surface area contributed by atoms with E-state index in [4.69, 9.17) is 5.26 Å². The molecule has 0 radical (unpaired) electrons. The molecule has 5 heteroatoms. The Morgan fingerprint density at radius 3 is 2.69 bits per heavy atom. The summed E-state index contributed by atoms with van der Waals surface area (Å²) in [6.07, 6.45) is 6.47. The monoisotopic (exact) mass is 216 g/mol. The van der Waals surface area contributed by atoms with Crippen molar-refractivity contribution in [2.24, 2.45) is 0 Å². The molecule has 16 heavy (non-hydrogen) atoms. The van der Waals surface area contributed by atoms with Gasteiger partial charge in [0.15, 0.2) is 6.29 Å². The molecule has 0 aliphatic heterocycles. The van der Waals surface area contributed by atoms with Gasteiger partial charge in [0, 0.05) is 25.0 Å². The zero-order chi connectivity index (χ0) is 11.4. The van der Waals surface area contributed by atoms with E-state index in [0.717, 1.165) is 19.1 Å². The molecule has 0 amide bonds. The summed E-state index contributed by atoms with van der Waals surface area (Å²) < 4.78 is 0. The number of hydrogen-bond donors (Lipinski definition) is 0. The molecule has 0 bridgehead atoms. The maximum atomic E-state index is 10.5. The van der Waals surface area contributed by atoms with Crippen LogP contribution in [0.15, 0.2) is 12.4 Å². The van der Waals surface area contributed by atoms with E-state index in [2.05, 4.69) is 16.0 Å². The van der Waals surface area contributed by atoms with Gasteiger partial charge >= 0.3 is 0 Å². The van der Waals surface area contributed by atoms with Crippen LogP contribution in [-0.4, -0.2) is 28.8 Å². The summed E-state index contributed by atoms with van der Waals surface area (Å²) in [6.45, 7) is 0.654. The molecule has 2 rings (SSSR count). The van der Waals surface area contributed by atoms with Crippen LogP contribution in [-0.2, 0) is 0 Å². The fourth-order valence-electron chi connectivity index (χ4n) is 1.54. The Morgan fingerprint density at radius 1 is 1.50 bits per heavy atom. The van der Waals surface area contributed by atoms with E-state index >= 15 is 0 Å². The Morgan fingerprint density at radius 2 is 2.19 bits per heavy atom. The fraction of sp³-hybridized carbons (Fsp3) is 0.455. The molecular formula is C11H12N4O. The van der Waals surface area contributed by atoms with Gasteiger partial charge in [-0.3, -0.25) is 4.79 Å². The van der Waals surface area contributed by atoms with Crippen LogP contribution in [0, 0.1) is 11.3 Å². The molecule has 1 saturated carbocycles. The van der Waals surface area contributed by atoms with E-state index in [0.29, 0.717) is 30.5 Å². The minimum atomic E-state index is 0.468. The summed E-state index contributed by atoms with van der Waals surface area (Å²) in [6, 6.07) is 2.59. The maximum absolute atomic E-state index is 10.5. The molecule has 1 aliphatic carbocycles. The minimum absolute atomic E-state index is 0.468. The third kappa shape index (κ3) is 2.34. The Labute approximate surface area is 93.7 Å². The average molecular weight is 216 g/mol. The van der Waals surface area contributed by atoms with Gasteiger partial charge < -0.3 is 4.90 Å². The van der Waals surface area contributed by atoms with Gasteiger partial charge in [-0.15, -0.1) is 0 Å². The van der Waals surface area contributed by atoms with Crippen molar-refractivity contribution in [1.82, 2.24) is 9.97 Å². The van der Waals surface area contributed by atoms with Crippen LogP contribution in [0.5, 0.6) is 0 Å². The van der Waals surface area contributed by atoms with Crippen LogP contribution in [0.3, 0.4) is 0 Å². The van der Waals surface area contributed by atoms with Gasteiger partial charge in [-0.05, 0) is 12.8 Å². The second-order valence-corrected chi connectivity index (χ2v) is 3.77. The van der Waals surface area contributed by atoms with Gasteiger partial charge in [0.1, 0.15) is 0 Å². The number of carbonyl (C=O) groups is 1. The summed E-state index contributed by atoms with van der Waals surface area (Å²) in [4.78, 5) is 20.8. The number of carbonyl (C=O) groups excluding carboxylic acids is 1. The minimum Gasteiger partial charge on any atom is -0.337 e. The largest absolute Gasteiger partial charge is 0.337 e. The number of anilines is 1. The van der Waals surface area contributed by atoms with Crippen LogP contribution in [0.2, 0.25) is 0 Å². The maximum Gasteiger partial charge on any atom is 0.225 e. The predicted octanol–water partition coefficient (Wildman–Crippen LogP) is 1.17.